The molecule has 1 heterocycles. The van der Waals surface area contributed by atoms with Gasteiger partial charge in [0.05, 0.1) is 5.52 Å². The van der Waals surface area contributed by atoms with Gasteiger partial charge in [0.15, 0.2) is 5.58 Å². The number of carbonyl (C=O) groups is 1. The summed E-state index contributed by atoms with van der Waals surface area (Å²) in [5.41, 5.74) is 2.38. The zero-order valence-corrected chi connectivity index (χ0v) is 13.6. The summed E-state index contributed by atoms with van der Waals surface area (Å²) in [5.74, 6) is -0.742. The molecule has 0 atom stereocenters. The van der Waals surface area contributed by atoms with E-state index in [0.717, 1.165) is 19.3 Å². The first kappa shape index (κ1) is 15.9. The minimum Gasteiger partial charge on any atom is -0.408 e. The Bertz CT molecular complexity index is 804. The summed E-state index contributed by atoms with van der Waals surface area (Å²) in [6.07, 6.45) is 7.91. The molecule has 6 heteroatoms. The number of fused-ring (bicyclic) bond motifs is 1. The molecule has 0 fully saturated rings. The van der Waals surface area contributed by atoms with Gasteiger partial charge in [-0.25, -0.2) is 4.79 Å². The Morgan fingerprint density at radius 1 is 1.35 bits per heavy atom. The SMILES string of the molecule is O=C(Cn1c(=O)oc2cc(Cl)ccc21)NCCC1=CCCCC1. The second kappa shape index (κ2) is 7.04. The van der Waals surface area contributed by atoms with Crippen LogP contribution in [0.5, 0.6) is 0 Å². The molecule has 0 saturated heterocycles. The van der Waals surface area contributed by atoms with Crippen LogP contribution in [0.25, 0.3) is 11.1 Å². The minimum absolute atomic E-state index is 0.0491. The average Bonchev–Trinajstić information content (AvgIpc) is 2.83. The monoisotopic (exact) mass is 334 g/mol. The van der Waals surface area contributed by atoms with Crippen molar-refractivity contribution in [3.05, 3.63) is 45.4 Å². The molecular weight excluding hydrogens is 316 g/mol. The van der Waals surface area contributed by atoms with Crippen LogP contribution in [0.15, 0.2) is 39.1 Å². The Balaban J connectivity index is 1.60. The number of oxazole rings is 1. The molecule has 0 unspecified atom stereocenters. The van der Waals surface area contributed by atoms with Gasteiger partial charge in [-0.2, -0.15) is 0 Å². The summed E-state index contributed by atoms with van der Waals surface area (Å²) in [4.78, 5) is 23.9. The van der Waals surface area contributed by atoms with E-state index < -0.39 is 5.76 Å². The predicted molar refractivity (Wildman–Crippen MR) is 89.7 cm³/mol. The van der Waals surface area contributed by atoms with E-state index in [1.54, 1.807) is 18.2 Å². The predicted octanol–water partition coefficient (Wildman–Crippen LogP) is 3.25. The van der Waals surface area contributed by atoms with Gasteiger partial charge < -0.3 is 9.73 Å². The van der Waals surface area contributed by atoms with E-state index in [0.29, 0.717) is 22.7 Å². The number of nitrogens with one attached hydrogen (secondary N) is 1. The maximum atomic E-state index is 12.1. The Morgan fingerprint density at radius 2 is 2.22 bits per heavy atom. The third kappa shape index (κ3) is 3.85. The molecule has 5 nitrogen and oxygen atoms in total. The van der Waals surface area contributed by atoms with Crippen LogP contribution in [0, 0.1) is 0 Å². The Labute approximate surface area is 138 Å². The smallest absolute Gasteiger partial charge is 0.408 e. The van der Waals surface area contributed by atoms with Gasteiger partial charge in [-0.1, -0.05) is 23.3 Å². The van der Waals surface area contributed by atoms with E-state index in [4.69, 9.17) is 16.0 Å². The number of benzene rings is 1. The molecule has 1 amide bonds. The molecule has 1 N–H and O–H groups in total. The van der Waals surface area contributed by atoms with Gasteiger partial charge in [-0.05, 0) is 44.2 Å². The third-order valence-corrected chi connectivity index (χ3v) is 4.32. The fourth-order valence-corrected chi connectivity index (χ4v) is 3.05. The number of hydrogen-bond donors (Lipinski definition) is 1. The summed E-state index contributed by atoms with van der Waals surface area (Å²) in [5, 5.41) is 3.35. The molecule has 23 heavy (non-hydrogen) atoms. The van der Waals surface area contributed by atoms with E-state index in [1.165, 1.54) is 23.0 Å². The van der Waals surface area contributed by atoms with Crippen LogP contribution in [0.1, 0.15) is 32.1 Å². The second-order valence-electron chi connectivity index (χ2n) is 5.77. The van der Waals surface area contributed by atoms with E-state index in [9.17, 15) is 9.59 Å². The van der Waals surface area contributed by atoms with Crippen molar-refractivity contribution in [1.82, 2.24) is 9.88 Å². The number of allylic oxidation sites excluding steroid dienone is 1. The van der Waals surface area contributed by atoms with Crippen molar-refractivity contribution in [3.8, 4) is 0 Å². The molecule has 122 valence electrons. The highest BCUT2D eigenvalue weighted by Crippen LogP contribution is 2.20. The fraction of sp³-hybridized carbons (Fsp3) is 0.412. The van der Waals surface area contributed by atoms with Crippen molar-refractivity contribution < 1.29 is 9.21 Å². The highest BCUT2D eigenvalue weighted by Gasteiger charge is 2.13. The van der Waals surface area contributed by atoms with E-state index in [2.05, 4.69) is 11.4 Å². The first-order valence-electron chi connectivity index (χ1n) is 7.87. The number of carbonyl (C=O) groups excluding carboxylic acids is 1. The largest absolute Gasteiger partial charge is 0.420 e. The van der Waals surface area contributed by atoms with Crippen LogP contribution in [0.3, 0.4) is 0 Å². The van der Waals surface area contributed by atoms with Crippen molar-refractivity contribution in [2.75, 3.05) is 6.54 Å². The molecule has 0 aliphatic heterocycles. The lowest BCUT2D eigenvalue weighted by Gasteiger charge is -2.13. The molecule has 0 bridgehead atoms. The van der Waals surface area contributed by atoms with Crippen LogP contribution in [-0.4, -0.2) is 17.0 Å². The number of rotatable bonds is 5. The average molecular weight is 335 g/mol. The summed E-state index contributed by atoms with van der Waals surface area (Å²) in [6.45, 7) is 0.549. The van der Waals surface area contributed by atoms with Gasteiger partial charge >= 0.3 is 5.76 Å². The zero-order chi connectivity index (χ0) is 16.2. The van der Waals surface area contributed by atoms with E-state index in [-0.39, 0.29) is 12.5 Å². The van der Waals surface area contributed by atoms with Gasteiger partial charge in [0, 0.05) is 17.6 Å². The summed E-state index contributed by atoms with van der Waals surface area (Å²) in [6, 6.07) is 4.92. The first-order chi connectivity index (χ1) is 11.1. The van der Waals surface area contributed by atoms with Crippen molar-refractivity contribution in [2.45, 2.75) is 38.6 Å². The van der Waals surface area contributed by atoms with Crippen LogP contribution in [0.4, 0.5) is 0 Å². The minimum atomic E-state index is -0.549. The molecule has 3 rings (SSSR count). The zero-order valence-electron chi connectivity index (χ0n) is 12.8. The van der Waals surface area contributed by atoms with Crippen molar-refractivity contribution in [2.24, 2.45) is 0 Å². The van der Waals surface area contributed by atoms with E-state index >= 15 is 0 Å². The molecule has 0 spiro atoms. The molecule has 1 aromatic heterocycles. The van der Waals surface area contributed by atoms with Crippen molar-refractivity contribution >= 4 is 28.6 Å². The van der Waals surface area contributed by atoms with Gasteiger partial charge in [-0.3, -0.25) is 9.36 Å². The van der Waals surface area contributed by atoms with Crippen LogP contribution >= 0.6 is 11.6 Å². The molecular formula is C17H19ClN2O3. The molecule has 1 aliphatic carbocycles. The quantitative estimate of drug-likeness (QED) is 0.854. The topological polar surface area (TPSA) is 64.2 Å². The Morgan fingerprint density at radius 3 is 3.00 bits per heavy atom. The number of hydrogen-bond acceptors (Lipinski definition) is 3. The van der Waals surface area contributed by atoms with Gasteiger partial charge in [0.25, 0.3) is 0 Å². The second-order valence-corrected chi connectivity index (χ2v) is 6.21. The van der Waals surface area contributed by atoms with Crippen LogP contribution < -0.4 is 11.1 Å². The van der Waals surface area contributed by atoms with Gasteiger partial charge in [-0.15, -0.1) is 0 Å². The highest BCUT2D eigenvalue weighted by molar-refractivity contribution is 6.31. The summed E-state index contributed by atoms with van der Waals surface area (Å²) in [7, 11) is 0. The molecule has 1 aromatic carbocycles. The van der Waals surface area contributed by atoms with Crippen LogP contribution in [-0.2, 0) is 11.3 Å². The molecule has 2 aromatic rings. The number of halogens is 1. The maximum Gasteiger partial charge on any atom is 0.420 e. The molecule has 0 saturated carbocycles. The van der Waals surface area contributed by atoms with E-state index in [1.807, 2.05) is 0 Å². The van der Waals surface area contributed by atoms with Gasteiger partial charge in [0.1, 0.15) is 6.54 Å². The third-order valence-electron chi connectivity index (χ3n) is 4.09. The fourth-order valence-electron chi connectivity index (χ4n) is 2.88. The van der Waals surface area contributed by atoms with Crippen molar-refractivity contribution in [1.29, 1.82) is 0 Å². The Hall–Kier alpha value is -2.01. The summed E-state index contributed by atoms with van der Waals surface area (Å²) < 4.78 is 6.43. The maximum absolute atomic E-state index is 12.1. The lowest BCUT2D eigenvalue weighted by Crippen LogP contribution is -2.31. The Kier molecular flexibility index (Phi) is 4.86. The normalized spacial score (nSPS) is 14.7. The van der Waals surface area contributed by atoms with Crippen molar-refractivity contribution in [3.63, 3.8) is 0 Å². The summed E-state index contributed by atoms with van der Waals surface area (Å²) >= 11 is 5.87. The number of nitrogens with zero attached hydrogens (tertiary/aromatic N) is 1. The lowest BCUT2D eigenvalue weighted by molar-refractivity contribution is -0.121. The highest BCUT2D eigenvalue weighted by atomic mass is 35.5. The standard InChI is InChI=1S/C17H19ClN2O3/c18-13-6-7-14-15(10-13)23-17(22)20(14)11-16(21)19-9-8-12-4-2-1-3-5-12/h4,6-7,10H,1-3,5,8-9,11H2,(H,19,21). The molecule has 0 radical (unpaired) electrons. The number of aromatic nitrogens is 1. The number of amides is 1. The first-order valence-corrected chi connectivity index (χ1v) is 8.25. The lowest BCUT2D eigenvalue weighted by atomic mass is 9.97. The molecule has 1 aliphatic rings. The van der Waals surface area contributed by atoms with Gasteiger partial charge in [0.2, 0.25) is 5.91 Å². The van der Waals surface area contributed by atoms with Crippen LogP contribution in [0.2, 0.25) is 5.02 Å².